The van der Waals surface area contributed by atoms with Crippen molar-refractivity contribution >= 4 is 0 Å². The van der Waals surface area contributed by atoms with Gasteiger partial charge in [-0.3, -0.25) is 0 Å². The van der Waals surface area contributed by atoms with E-state index in [2.05, 4.69) is 26.1 Å². The molecule has 0 spiro atoms. The van der Waals surface area contributed by atoms with Gasteiger partial charge >= 0.3 is 0 Å². The first-order valence-corrected chi connectivity index (χ1v) is 7.10. The second kappa shape index (κ2) is 7.34. The molecule has 0 aromatic rings. The van der Waals surface area contributed by atoms with E-state index in [1.165, 1.54) is 0 Å². The molecule has 3 heteroatoms. The summed E-state index contributed by atoms with van der Waals surface area (Å²) in [5, 5.41) is 3.70. The summed E-state index contributed by atoms with van der Waals surface area (Å²) in [6, 6.07) is 0.421. The fourth-order valence-corrected chi connectivity index (χ4v) is 3.00. The Morgan fingerprint density at radius 3 is 2.47 bits per heavy atom. The molecular formula is C14H29NO2. The summed E-state index contributed by atoms with van der Waals surface area (Å²) in [5.74, 6) is 0.599. The van der Waals surface area contributed by atoms with Crippen molar-refractivity contribution in [3.63, 3.8) is 0 Å². The lowest BCUT2D eigenvalue weighted by Gasteiger charge is -2.42. The first-order chi connectivity index (χ1) is 8.24. The van der Waals surface area contributed by atoms with Gasteiger partial charge in [-0.25, -0.2) is 0 Å². The van der Waals surface area contributed by atoms with Crippen LogP contribution in [0.15, 0.2) is 0 Å². The summed E-state index contributed by atoms with van der Waals surface area (Å²) in [4.78, 5) is 0. The zero-order chi connectivity index (χ0) is 12.7. The van der Waals surface area contributed by atoms with Crippen molar-refractivity contribution in [2.45, 2.75) is 58.1 Å². The van der Waals surface area contributed by atoms with Gasteiger partial charge in [-0.05, 0) is 32.2 Å². The minimum atomic E-state index is -0.0342. The average Bonchev–Trinajstić information content (AvgIpc) is 2.89. The minimum Gasteiger partial charge on any atom is -0.381 e. The number of hydrogen-bond acceptors (Lipinski definition) is 3. The number of nitrogens with one attached hydrogen (secondary N) is 1. The SMILES string of the molecule is CCCNC(C1CCOC1)C(CC)(CC)OC. The third kappa shape index (κ3) is 3.43. The zero-order valence-electron chi connectivity index (χ0n) is 11.9. The van der Waals surface area contributed by atoms with E-state index in [9.17, 15) is 0 Å². The van der Waals surface area contributed by atoms with Gasteiger partial charge < -0.3 is 14.8 Å². The molecule has 1 heterocycles. The molecule has 1 fully saturated rings. The van der Waals surface area contributed by atoms with E-state index in [-0.39, 0.29) is 5.60 Å². The van der Waals surface area contributed by atoms with E-state index in [1.54, 1.807) is 0 Å². The lowest BCUT2D eigenvalue weighted by atomic mass is 9.80. The van der Waals surface area contributed by atoms with E-state index in [4.69, 9.17) is 9.47 Å². The van der Waals surface area contributed by atoms with Crippen LogP contribution in [0.5, 0.6) is 0 Å². The molecule has 1 aliphatic rings. The third-order valence-electron chi connectivity index (χ3n) is 4.22. The number of hydrogen-bond donors (Lipinski definition) is 1. The highest BCUT2D eigenvalue weighted by Gasteiger charge is 2.41. The van der Waals surface area contributed by atoms with Crippen molar-refractivity contribution in [1.82, 2.24) is 5.32 Å². The molecule has 0 amide bonds. The number of rotatable bonds is 8. The second-order valence-electron chi connectivity index (χ2n) is 5.03. The Labute approximate surface area is 106 Å². The van der Waals surface area contributed by atoms with Crippen LogP contribution in [0.3, 0.4) is 0 Å². The molecule has 1 N–H and O–H groups in total. The van der Waals surface area contributed by atoms with Crippen molar-refractivity contribution in [2.75, 3.05) is 26.9 Å². The fourth-order valence-electron chi connectivity index (χ4n) is 3.00. The predicted octanol–water partition coefficient (Wildman–Crippen LogP) is 2.60. The van der Waals surface area contributed by atoms with E-state index in [0.717, 1.165) is 45.4 Å². The van der Waals surface area contributed by atoms with Gasteiger partial charge in [0.1, 0.15) is 0 Å². The van der Waals surface area contributed by atoms with Crippen LogP contribution in [-0.4, -0.2) is 38.5 Å². The normalized spacial score (nSPS) is 22.9. The molecule has 1 saturated heterocycles. The van der Waals surface area contributed by atoms with E-state index >= 15 is 0 Å². The number of ether oxygens (including phenoxy) is 2. The van der Waals surface area contributed by atoms with Crippen molar-refractivity contribution in [1.29, 1.82) is 0 Å². The fraction of sp³-hybridized carbons (Fsp3) is 1.00. The van der Waals surface area contributed by atoms with Crippen molar-refractivity contribution < 1.29 is 9.47 Å². The Kier molecular flexibility index (Phi) is 6.45. The Balaban J connectivity index is 2.77. The van der Waals surface area contributed by atoms with Crippen LogP contribution in [0.4, 0.5) is 0 Å². The lowest BCUT2D eigenvalue weighted by Crippen LogP contribution is -2.55. The molecule has 0 aromatic carbocycles. The summed E-state index contributed by atoms with van der Waals surface area (Å²) < 4.78 is 11.4. The molecule has 1 rings (SSSR count). The second-order valence-corrected chi connectivity index (χ2v) is 5.03. The molecular weight excluding hydrogens is 214 g/mol. The molecule has 17 heavy (non-hydrogen) atoms. The smallest absolute Gasteiger partial charge is 0.0829 e. The Morgan fingerprint density at radius 1 is 1.35 bits per heavy atom. The summed E-state index contributed by atoms with van der Waals surface area (Å²) in [6.07, 6.45) is 4.43. The van der Waals surface area contributed by atoms with Crippen molar-refractivity contribution in [3.05, 3.63) is 0 Å². The van der Waals surface area contributed by atoms with Gasteiger partial charge in [-0.1, -0.05) is 20.8 Å². The van der Waals surface area contributed by atoms with E-state index < -0.39 is 0 Å². The monoisotopic (exact) mass is 243 g/mol. The Morgan fingerprint density at radius 2 is 2.06 bits per heavy atom. The maximum atomic E-state index is 5.89. The molecule has 102 valence electrons. The topological polar surface area (TPSA) is 30.5 Å². The lowest BCUT2D eigenvalue weighted by molar-refractivity contribution is -0.0634. The third-order valence-corrected chi connectivity index (χ3v) is 4.22. The van der Waals surface area contributed by atoms with Gasteiger partial charge in [0.15, 0.2) is 0 Å². The van der Waals surface area contributed by atoms with Crippen LogP contribution in [-0.2, 0) is 9.47 Å². The zero-order valence-corrected chi connectivity index (χ0v) is 11.9. The molecule has 0 radical (unpaired) electrons. The highest BCUT2D eigenvalue weighted by atomic mass is 16.5. The molecule has 0 aliphatic carbocycles. The van der Waals surface area contributed by atoms with Gasteiger partial charge in [-0.15, -0.1) is 0 Å². The van der Waals surface area contributed by atoms with Crippen molar-refractivity contribution in [3.8, 4) is 0 Å². The quantitative estimate of drug-likeness (QED) is 0.711. The van der Waals surface area contributed by atoms with Crippen molar-refractivity contribution in [2.24, 2.45) is 5.92 Å². The molecule has 3 nitrogen and oxygen atoms in total. The highest BCUT2D eigenvalue weighted by Crippen LogP contribution is 2.32. The van der Waals surface area contributed by atoms with Crippen LogP contribution in [0.25, 0.3) is 0 Å². The summed E-state index contributed by atoms with van der Waals surface area (Å²) in [6.45, 7) is 9.51. The molecule has 2 unspecified atom stereocenters. The standard InChI is InChI=1S/C14H29NO2/c1-5-9-15-13(12-8-10-17-11-12)14(6-2,7-3)16-4/h12-13,15H,5-11H2,1-4H3. The summed E-state index contributed by atoms with van der Waals surface area (Å²) >= 11 is 0. The van der Waals surface area contributed by atoms with Crippen LogP contribution in [0.2, 0.25) is 0 Å². The van der Waals surface area contributed by atoms with Gasteiger partial charge in [-0.2, -0.15) is 0 Å². The largest absolute Gasteiger partial charge is 0.381 e. The van der Waals surface area contributed by atoms with Gasteiger partial charge in [0, 0.05) is 25.7 Å². The van der Waals surface area contributed by atoms with Crippen LogP contribution in [0, 0.1) is 5.92 Å². The Hall–Kier alpha value is -0.120. The summed E-state index contributed by atoms with van der Waals surface area (Å²) in [5.41, 5.74) is -0.0342. The first kappa shape index (κ1) is 14.9. The highest BCUT2D eigenvalue weighted by molar-refractivity contribution is 4.96. The van der Waals surface area contributed by atoms with Crippen LogP contribution in [0.1, 0.15) is 46.5 Å². The van der Waals surface area contributed by atoms with E-state index in [1.807, 2.05) is 7.11 Å². The number of methoxy groups -OCH3 is 1. The maximum absolute atomic E-state index is 5.89. The van der Waals surface area contributed by atoms with Crippen LogP contribution < -0.4 is 5.32 Å². The maximum Gasteiger partial charge on any atom is 0.0829 e. The average molecular weight is 243 g/mol. The Bertz CT molecular complexity index is 190. The van der Waals surface area contributed by atoms with Gasteiger partial charge in [0.2, 0.25) is 0 Å². The molecule has 0 aromatic heterocycles. The molecule has 0 saturated carbocycles. The van der Waals surface area contributed by atoms with Gasteiger partial charge in [0.25, 0.3) is 0 Å². The molecule has 1 aliphatic heterocycles. The summed E-state index contributed by atoms with van der Waals surface area (Å²) in [7, 11) is 1.85. The minimum absolute atomic E-state index is 0.0342. The van der Waals surface area contributed by atoms with Gasteiger partial charge in [0.05, 0.1) is 12.2 Å². The molecule has 2 atom stereocenters. The van der Waals surface area contributed by atoms with E-state index in [0.29, 0.717) is 12.0 Å². The molecule has 0 bridgehead atoms. The predicted molar refractivity (Wildman–Crippen MR) is 71.3 cm³/mol. The van der Waals surface area contributed by atoms with Crippen LogP contribution >= 0.6 is 0 Å². The first-order valence-electron chi connectivity index (χ1n) is 7.10.